The first-order chi connectivity index (χ1) is 21.3. The maximum absolute atomic E-state index is 11.7. The lowest BCUT2D eigenvalue weighted by molar-refractivity contribution is -0.433. The summed E-state index contributed by atoms with van der Waals surface area (Å²) in [6.07, 6.45) is 11.8. The standard InChI is InChI=1S/C38H45ClN4O2/c1-9-42-32-18-16-28(40-24(3)44)22-30(32)37(5,6)34(42)20-14-26-12-11-13-27(36(26)39)15-21-35-38(7,8)31-23-29(41-25(4)45)17-19-33(31)43(35)10-2/h14-23H,9-13H2,1-8H3,(H-,40,41,44,45)/p+1. The van der Waals surface area contributed by atoms with Crippen LogP contribution < -0.4 is 15.5 Å². The van der Waals surface area contributed by atoms with Gasteiger partial charge in [-0.05, 0) is 100 Å². The third kappa shape index (κ3) is 6.05. The summed E-state index contributed by atoms with van der Waals surface area (Å²) in [4.78, 5) is 25.8. The third-order valence-corrected chi connectivity index (χ3v) is 9.88. The molecule has 0 saturated carbocycles. The van der Waals surface area contributed by atoms with Gasteiger partial charge < -0.3 is 15.5 Å². The van der Waals surface area contributed by atoms with E-state index in [0.29, 0.717) is 0 Å². The molecule has 2 N–H and O–H groups in total. The van der Waals surface area contributed by atoms with Crippen molar-refractivity contribution in [1.29, 1.82) is 0 Å². The van der Waals surface area contributed by atoms with Gasteiger partial charge in [-0.1, -0.05) is 37.6 Å². The van der Waals surface area contributed by atoms with Crippen molar-refractivity contribution in [3.8, 4) is 0 Å². The summed E-state index contributed by atoms with van der Waals surface area (Å²) in [6.45, 7) is 18.1. The molecule has 6 nitrogen and oxygen atoms in total. The molecule has 236 valence electrons. The molecule has 1 aliphatic carbocycles. The van der Waals surface area contributed by atoms with E-state index in [1.807, 2.05) is 12.1 Å². The summed E-state index contributed by atoms with van der Waals surface area (Å²) in [5.41, 5.74) is 10.7. The summed E-state index contributed by atoms with van der Waals surface area (Å²) in [6, 6.07) is 12.4. The van der Waals surface area contributed by atoms with Crippen molar-refractivity contribution in [2.24, 2.45) is 0 Å². The number of carbonyl (C=O) groups is 2. The summed E-state index contributed by atoms with van der Waals surface area (Å²) < 4.78 is 2.36. The normalized spacial score (nSPS) is 20.3. The Balaban J connectivity index is 1.46. The highest BCUT2D eigenvalue weighted by Crippen LogP contribution is 2.49. The smallest absolute Gasteiger partial charge is 0.221 e. The summed E-state index contributed by atoms with van der Waals surface area (Å²) in [5.74, 6) is -0.139. The number of hydrogen-bond acceptors (Lipinski definition) is 3. The van der Waals surface area contributed by atoms with Gasteiger partial charge in [0.2, 0.25) is 17.5 Å². The highest BCUT2D eigenvalue weighted by Gasteiger charge is 2.44. The maximum atomic E-state index is 11.7. The molecule has 2 aliphatic heterocycles. The molecule has 0 saturated heterocycles. The maximum Gasteiger partial charge on any atom is 0.221 e. The molecule has 45 heavy (non-hydrogen) atoms. The second-order valence-corrected chi connectivity index (χ2v) is 13.6. The van der Waals surface area contributed by atoms with E-state index in [4.69, 9.17) is 11.6 Å². The highest BCUT2D eigenvalue weighted by molar-refractivity contribution is 6.32. The topological polar surface area (TPSA) is 64.5 Å². The molecule has 0 fully saturated rings. The minimum Gasteiger partial charge on any atom is -0.344 e. The molecule has 2 heterocycles. The van der Waals surface area contributed by atoms with Gasteiger partial charge in [0.05, 0.1) is 5.41 Å². The van der Waals surface area contributed by atoms with Gasteiger partial charge in [-0.2, -0.15) is 4.58 Å². The molecule has 0 atom stereocenters. The van der Waals surface area contributed by atoms with Crippen molar-refractivity contribution in [1.82, 2.24) is 0 Å². The van der Waals surface area contributed by atoms with Crippen molar-refractivity contribution in [3.05, 3.63) is 93.7 Å². The first-order valence-electron chi connectivity index (χ1n) is 16.0. The predicted octanol–water partition coefficient (Wildman–Crippen LogP) is 8.86. The van der Waals surface area contributed by atoms with Crippen LogP contribution in [0.15, 0.2) is 82.6 Å². The van der Waals surface area contributed by atoms with Crippen LogP contribution in [0.4, 0.5) is 22.7 Å². The number of fused-ring (bicyclic) bond motifs is 2. The number of allylic oxidation sites excluding steroid dienone is 8. The quantitative estimate of drug-likeness (QED) is 0.302. The zero-order valence-corrected chi connectivity index (χ0v) is 28.7. The SMILES string of the molecule is CCN1C(=CC=C2CCCC(C=CC3=[N+](CC)c4ccc(NC(C)=O)cc4C3(C)C)=C2Cl)C(C)(C)c2cc(NC(C)=O)ccc21. The number of rotatable bonds is 7. The first-order valence-corrected chi connectivity index (χ1v) is 16.4. The fourth-order valence-corrected chi connectivity index (χ4v) is 7.48. The van der Waals surface area contributed by atoms with E-state index in [1.54, 1.807) is 0 Å². The summed E-state index contributed by atoms with van der Waals surface area (Å²) in [7, 11) is 0. The Morgan fingerprint density at radius 1 is 0.889 bits per heavy atom. The van der Waals surface area contributed by atoms with E-state index in [1.165, 1.54) is 47.8 Å². The average molecular weight is 626 g/mol. The minimum absolute atomic E-state index is 0.0693. The second kappa shape index (κ2) is 12.5. The lowest BCUT2D eigenvalue weighted by atomic mass is 9.81. The van der Waals surface area contributed by atoms with E-state index >= 15 is 0 Å². The molecule has 0 radical (unpaired) electrons. The summed E-state index contributed by atoms with van der Waals surface area (Å²) >= 11 is 7.13. The molecule has 2 aromatic rings. The molecule has 2 amide bonds. The fraction of sp³-hybridized carbons (Fsp3) is 0.395. The zero-order valence-electron chi connectivity index (χ0n) is 27.9. The second-order valence-electron chi connectivity index (χ2n) is 13.2. The van der Waals surface area contributed by atoms with Crippen LogP contribution in [-0.4, -0.2) is 35.2 Å². The van der Waals surface area contributed by atoms with Crippen LogP contribution in [0.1, 0.15) is 85.8 Å². The van der Waals surface area contributed by atoms with Crippen LogP contribution in [0.25, 0.3) is 0 Å². The van der Waals surface area contributed by atoms with Gasteiger partial charge in [0.25, 0.3) is 0 Å². The van der Waals surface area contributed by atoms with Crippen molar-refractivity contribution in [2.75, 3.05) is 28.6 Å². The number of nitrogens with one attached hydrogen (secondary N) is 2. The molecule has 3 aliphatic rings. The van der Waals surface area contributed by atoms with Gasteiger partial charge in [-0.15, -0.1) is 0 Å². The van der Waals surface area contributed by atoms with Crippen LogP contribution in [0, 0.1) is 0 Å². The number of carbonyl (C=O) groups excluding carboxylic acids is 2. The molecular formula is C38H46ClN4O2+. The molecule has 7 heteroatoms. The summed E-state index contributed by atoms with van der Waals surface area (Å²) in [5, 5.41) is 6.70. The highest BCUT2D eigenvalue weighted by atomic mass is 35.5. The van der Waals surface area contributed by atoms with Gasteiger partial charge in [0, 0.05) is 71.3 Å². The van der Waals surface area contributed by atoms with Gasteiger partial charge >= 0.3 is 0 Å². The van der Waals surface area contributed by atoms with Gasteiger partial charge in [0.1, 0.15) is 6.54 Å². The Hall–Kier alpha value is -3.90. The van der Waals surface area contributed by atoms with Crippen molar-refractivity contribution in [3.63, 3.8) is 0 Å². The van der Waals surface area contributed by atoms with Crippen molar-refractivity contribution >= 4 is 51.9 Å². The Morgan fingerprint density at radius 3 is 2.16 bits per heavy atom. The Labute approximate surface area is 273 Å². The number of likely N-dealkylation sites (N-methyl/N-ethyl adjacent to an activating group) is 1. The number of amides is 2. The number of nitrogens with zero attached hydrogens (tertiary/aromatic N) is 2. The number of halogens is 1. The average Bonchev–Trinajstić information content (AvgIpc) is 3.32. The van der Waals surface area contributed by atoms with E-state index in [9.17, 15) is 9.59 Å². The monoisotopic (exact) mass is 625 g/mol. The van der Waals surface area contributed by atoms with Crippen molar-refractivity contribution in [2.45, 2.75) is 85.5 Å². The third-order valence-electron chi connectivity index (χ3n) is 9.40. The molecule has 2 aromatic carbocycles. The predicted molar refractivity (Wildman–Crippen MR) is 188 cm³/mol. The number of benzene rings is 2. The Morgan fingerprint density at radius 2 is 1.53 bits per heavy atom. The van der Waals surface area contributed by atoms with E-state index in [-0.39, 0.29) is 22.6 Å². The molecule has 0 aromatic heterocycles. The van der Waals surface area contributed by atoms with E-state index in [2.05, 4.69) is 110 Å². The first kappa shape index (κ1) is 32.5. The lowest BCUT2D eigenvalue weighted by Crippen LogP contribution is -2.27. The number of anilines is 3. The van der Waals surface area contributed by atoms with Crippen LogP contribution >= 0.6 is 11.6 Å². The van der Waals surface area contributed by atoms with Crippen LogP contribution in [0.5, 0.6) is 0 Å². The molecule has 0 spiro atoms. The molecule has 0 bridgehead atoms. The van der Waals surface area contributed by atoms with Gasteiger partial charge in [0.15, 0.2) is 5.71 Å². The minimum atomic E-state index is -0.229. The molecular weight excluding hydrogens is 580 g/mol. The van der Waals surface area contributed by atoms with E-state index in [0.717, 1.165) is 59.9 Å². The Kier molecular flexibility index (Phi) is 9.01. The lowest BCUT2D eigenvalue weighted by Gasteiger charge is -2.26. The largest absolute Gasteiger partial charge is 0.344 e. The van der Waals surface area contributed by atoms with Gasteiger partial charge in [-0.25, -0.2) is 0 Å². The Bertz CT molecular complexity index is 1720. The van der Waals surface area contributed by atoms with Crippen molar-refractivity contribution < 1.29 is 14.2 Å². The number of hydrogen-bond donors (Lipinski definition) is 2. The molecule has 0 unspecified atom stereocenters. The van der Waals surface area contributed by atoms with Gasteiger partial charge in [-0.3, -0.25) is 9.59 Å². The van der Waals surface area contributed by atoms with Crippen LogP contribution in [0.3, 0.4) is 0 Å². The zero-order chi connectivity index (χ0) is 32.7. The van der Waals surface area contributed by atoms with Crippen LogP contribution in [-0.2, 0) is 20.4 Å². The van der Waals surface area contributed by atoms with Crippen LogP contribution in [0.2, 0.25) is 0 Å². The molecule has 5 rings (SSSR count). The van der Waals surface area contributed by atoms with E-state index < -0.39 is 0 Å². The fourth-order valence-electron chi connectivity index (χ4n) is 7.16.